The number of carboxylic acid groups (broad SMARTS) is 1. The average Bonchev–Trinajstić information content (AvgIpc) is 3.80. The van der Waals surface area contributed by atoms with E-state index >= 15 is 0 Å². The second kappa shape index (κ2) is 15.6. The molecule has 0 fully saturated rings. The van der Waals surface area contributed by atoms with E-state index in [1.807, 2.05) is 30.3 Å². The van der Waals surface area contributed by atoms with Gasteiger partial charge in [0.2, 0.25) is 5.75 Å². The number of fused-ring (bicyclic) bond motifs is 4. The number of allylic oxidation sites excluding steroid dienone is 1. The number of rotatable bonds is 10. The highest BCUT2D eigenvalue weighted by atomic mass is 16.6. The molecule has 1 aromatic heterocycles. The standard InChI is InChI=1S/C40H46N4O10/c1-40(37(46)47)16-10-9-11-25(14-17-40)53-38(48)42(2)19-20-43(3)39(49)54-31-23-30-27(26-12-7-8-13-28(26)31)15-18-44(30)36(45)29-21-24-22-32(50-4)34(51-5)35(52-6)33(24)41-29/h7-9,11-13,21-23,25,41H,10,14-20H2,1-6H3,(H,46,47)/b11-9+. The summed E-state index contributed by atoms with van der Waals surface area (Å²) in [4.78, 5) is 59.8. The molecule has 54 heavy (non-hydrogen) atoms. The van der Waals surface area contributed by atoms with Crippen molar-refractivity contribution < 1.29 is 48.0 Å². The maximum absolute atomic E-state index is 14.1. The fourth-order valence-corrected chi connectivity index (χ4v) is 7.05. The molecule has 14 heteroatoms. The predicted molar refractivity (Wildman–Crippen MR) is 202 cm³/mol. The maximum Gasteiger partial charge on any atom is 0.415 e. The van der Waals surface area contributed by atoms with Crippen molar-refractivity contribution in [2.75, 3.05) is 60.0 Å². The van der Waals surface area contributed by atoms with Gasteiger partial charge in [0.25, 0.3) is 5.91 Å². The van der Waals surface area contributed by atoms with Gasteiger partial charge in [0.15, 0.2) is 11.5 Å². The van der Waals surface area contributed by atoms with Gasteiger partial charge < -0.3 is 48.5 Å². The zero-order chi connectivity index (χ0) is 38.7. The summed E-state index contributed by atoms with van der Waals surface area (Å²) in [7, 11) is 7.72. The van der Waals surface area contributed by atoms with E-state index in [2.05, 4.69) is 4.98 Å². The molecule has 2 aliphatic rings. The topological polar surface area (TPSA) is 160 Å². The van der Waals surface area contributed by atoms with Crippen LogP contribution in [0.15, 0.2) is 54.6 Å². The lowest BCUT2D eigenvalue weighted by atomic mass is 9.79. The molecule has 286 valence electrons. The number of aromatic amines is 1. The summed E-state index contributed by atoms with van der Waals surface area (Å²) in [5.41, 5.74) is 1.66. The average molecular weight is 743 g/mol. The molecule has 0 spiro atoms. The van der Waals surface area contributed by atoms with Crippen molar-refractivity contribution in [3.63, 3.8) is 0 Å². The van der Waals surface area contributed by atoms with E-state index in [1.165, 1.54) is 31.1 Å². The first-order valence-electron chi connectivity index (χ1n) is 17.8. The van der Waals surface area contributed by atoms with Crippen LogP contribution < -0.4 is 23.8 Å². The highest BCUT2D eigenvalue weighted by Gasteiger charge is 2.35. The normalized spacial score (nSPS) is 18.6. The monoisotopic (exact) mass is 742 g/mol. The van der Waals surface area contributed by atoms with Gasteiger partial charge in [-0.15, -0.1) is 0 Å². The van der Waals surface area contributed by atoms with E-state index in [-0.39, 0.29) is 19.0 Å². The lowest BCUT2D eigenvalue weighted by Gasteiger charge is -2.29. The van der Waals surface area contributed by atoms with Gasteiger partial charge in [0, 0.05) is 50.6 Å². The van der Waals surface area contributed by atoms with E-state index in [0.717, 1.165) is 16.3 Å². The lowest BCUT2D eigenvalue weighted by molar-refractivity contribution is -0.149. The Hall–Kier alpha value is -5.92. The fourth-order valence-electron chi connectivity index (χ4n) is 7.05. The van der Waals surface area contributed by atoms with Gasteiger partial charge in [-0.2, -0.15) is 0 Å². The van der Waals surface area contributed by atoms with Crippen LogP contribution in [0.3, 0.4) is 0 Å². The van der Waals surface area contributed by atoms with Gasteiger partial charge in [0.1, 0.15) is 17.5 Å². The fraction of sp³-hybridized carbons (Fsp3) is 0.400. The lowest BCUT2D eigenvalue weighted by Crippen LogP contribution is -2.39. The molecule has 2 N–H and O–H groups in total. The maximum atomic E-state index is 14.1. The van der Waals surface area contributed by atoms with Crippen LogP contribution in [0.5, 0.6) is 23.0 Å². The molecule has 1 aliphatic carbocycles. The third-order valence-corrected chi connectivity index (χ3v) is 10.4. The Morgan fingerprint density at radius 2 is 1.61 bits per heavy atom. The van der Waals surface area contributed by atoms with Crippen LogP contribution in [0.4, 0.5) is 15.3 Å². The number of methoxy groups -OCH3 is 3. The Labute approximate surface area is 313 Å². The van der Waals surface area contributed by atoms with E-state index in [1.54, 1.807) is 50.2 Å². The molecule has 2 unspecified atom stereocenters. The van der Waals surface area contributed by atoms with Crippen LogP contribution in [0.2, 0.25) is 0 Å². The molecule has 2 heterocycles. The van der Waals surface area contributed by atoms with E-state index in [4.69, 9.17) is 23.7 Å². The molecule has 4 aromatic rings. The Balaban J connectivity index is 1.15. The summed E-state index contributed by atoms with van der Waals surface area (Å²) in [6, 6.07) is 12.8. The zero-order valence-corrected chi connectivity index (χ0v) is 31.4. The van der Waals surface area contributed by atoms with Gasteiger partial charge in [-0.3, -0.25) is 9.59 Å². The number of likely N-dealkylation sites (N-methyl/N-ethyl adjacent to an activating group) is 2. The quantitative estimate of drug-likeness (QED) is 0.169. The van der Waals surface area contributed by atoms with Gasteiger partial charge >= 0.3 is 18.2 Å². The molecule has 14 nitrogen and oxygen atoms in total. The molecule has 0 saturated heterocycles. The highest BCUT2D eigenvalue weighted by Crippen LogP contribution is 2.44. The number of benzene rings is 3. The summed E-state index contributed by atoms with van der Waals surface area (Å²) in [5.74, 6) is 0.459. The van der Waals surface area contributed by atoms with Crippen molar-refractivity contribution in [2.24, 2.45) is 5.41 Å². The summed E-state index contributed by atoms with van der Waals surface area (Å²) in [6.45, 7) is 2.45. The minimum atomic E-state index is -0.876. The Morgan fingerprint density at radius 3 is 2.30 bits per heavy atom. The Bertz CT molecular complexity index is 2130. The number of aliphatic carboxylic acids is 1. The smallest absolute Gasteiger partial charge is 0.415 e. The minimum Gasteiger partial charge on any atom is -0.493 e. The Kier molecular flexibility index (Phi) is 10.9. The summed E-state index contributed by atoms with van der Waals surface area (Å²) in [5, 5.41) is 12.0. The van der Waals surface area contributed by atoms with Crippen LogP contribution >= 0.6 is 0 Å². The van der Waals surface area contributed by atoms with Crippen LogP contribution in [-0.2, 0) is 16.0 Å². The number of carbonyl (C=O) groups is 4. The summed E-state index contributed by atoms with van der Waals surface area (Å²) >= 11 is 0. The molecular formula is C40H46N4O10. The van der Waals surface area contributed by atoms with Crippen LogP contribution in [-0.4, -0.2) is 105 Å². The van der Waals surface area contributed by atoms with Gasteiger partial charge in [0.05, 0.1) is 37.9 Å². The molecular weight excluding hydrogens is 696 g/mol. The second-order valence-electron chi connectivity index (χ2n) is 13.9. The number of anilines is 1. The number of hydrogen-bond donors (Lipinski definition) is 2. The second-order valence-corrected chi connectivity index (χ2v) is 13.9. The van der Waals surface area contributed by atoms with Crippen molar-refractivity contribution >= 4 is 51.4 Å². The summed E-state index contributed by atoms with van der Waals surface area (Å²) in [6.07, 6.45) is 4.38. The number of carbonyl (C=O) groups excluding carboxylic acids is 3. The van der Waals surface area contributed by atoms with Crippen molar-refractivity contribution in [1.29, 1.82) is 0 Å². The molecule has 6 rings (SSSR count). The summed E-state index contributed by atoms with van der Waals surface area (Å²) < 4.78 is 28.3. The number of amides is 3. The third kappa shape index (κ3) is 7.32. The first-order valence-corrected chi connectivity index (χ1v) is 17.8. The first-order chi connectivity index (χ1) is 25.9. The minimum absolute atomic E-state index is 0.148. The molecule has 0 bridgehead atoms. The van der Waals surface area contributed by atoms with Crippen molar-refractivity contribution in [3.8, 4) is 23.0 Å². The number of aromatic nitrogens is 1. The van der Waals surface area contributed by atoms with Crippen molar-refractivity contribution in [1.82, 2.24) is 14.8 Å². The zero-order valence-electron chi connectivity index (χ0n) is 31.4. The molecule has 0 radical (unpaired) electrons. The molecule has 3 aromatic carbocycles. The van der Waals surface area contributed by atoms with Gasteiger partial charge in [-0.1, -0.05) is 30.3 Å². The van der Waals surface area contributed by atoms with E-state index < -0.39 is 29.7 Å². The van der Waals surface area contributed by atoms with Crippen molar-refractivity contribution in [3.05, 3.63) is 65.9 Å². The molecule has 3 amide bonds. The van der Waals surface area contributed by atoms with E-state index in [0.29, 0.717) is 83.9 Å². The number of nitrogens with zero attached hydrogens (tertiary/aromatic N) is 3. The van der Waals surface area contributed by atoms with Crippen LogP contribution in [0.25, 0.3) is 21.7 Å². The number of ether oxygens (including phenoxy) is 5. The predicted octanol–water partition coefficient (Wildman–Crippen LogP) is 6.64. The van der Waals surface area contributed by atoms with Crippen LogP contribution in [0, 0.1) is 5.41 Å². The number of nitrogens with one attached hydrogen (secondary N) is 1. The molecule has 0 saturated carbocycles. The number of H-pyrrole nitrogens is 1. The Morgan fingerprint density at radius 1 is 0.907 bits per heavy atom. The van der Waals surface area contributed by atoms with Gasteiger partial charge in [-0.05, 0) is 68.2 Å². The number of hydrogen-bond acceptors (Lipinski definition) is 9. The van der Waals surface area contributed by atoms with Crippen LogP contribution in [0.1, 0.15) is 48.7 Å². The number of carboxylic acids is 1. The van der Waals surface area contributed by atoms with E-state index in [9.17, 15) is 24.3 Å². The first kappa shape index (κ1) is 37.8. The molecule has 2 atom stereocenters. The van der Waals surface area contributed by atoms with Crippen molar-refractivity contribution in [2.45, 2.75) is 45.1 Å². The largest absolute Gasteiger partial charge is 0.493 e. The van der Waals surface area contributed by atoms with Gasteiger partial charge in [-0.25, -0.2) is 9.59 Å². The third-order valence-electron chi connectivity index (χ3n) is 10.4. The SMILES string of the molecule is COc1cc2cc(C(=O)N3CCc4c3cc(OC(=O)N(C)CCN(C)C(=O)OC3/C=C/CCC(C)(C(=O)O)CC3)c3ccccc43)[nH]c2c(OC)c1OC. The molecule has 1 aliphatic heterocycles. The highest BCUT2D eigenvalue weighted by molar-refractivity contribution is 6.11.